The van der Waals surface area contributed by atoms with Crippen LogP contribution in [-0.4, -0.2) is 9.20 Å². The first-order chi connectivity index (χ1) is 1.41. The van der Waals surface area contributed by atoms with Gasteiger partial charge in [0.05, 0.1) is 0 Å². The summed E-state index contributed by atoms with van der Waals surface area (Å²) in [7, 11) is -0.667. The van der Waals surface area contributed by atoms with Gasteiger partial charge in [-0.2, -0.15) is 6.00 Å². The summed E-state index contributed by atoms with van der Waals surface area (Å²) in [5.74, 6) is 0. The Bertz CT molecular complexity index is 29.5. The molecule has 0 fully saturated rings. The van der Waals surface area contributed by atoms with Crippen molar-refractivity contribution in [3.63, 3.8) is 0 Å². The van der Waals surface area contributed by atoms with Crippen molar-refractivity contribution < 1.29 is 34.4 Å². The molecule has 0 N–H and O–H groups in total. The van der Waals surface area contributed by atoms with Crippen molar-refractivity contribution in [2.24, 2.45) is 0 Å². The van der Waals surface area contributed by atoms with E-state index in [0.29, 0.717) is 0 Å². The fourth-order valence-electron chi connectivity index (χ4n) is 0. The number of hydrogen-bond acceptors (Lipinski definition) is 1. The average Bonchev–Trinajstić information content (AvgIpc) is 0.918. The monoisotopic (exact) mass is 80.0 g/mol. The van der Waals surface area contributed by atoms with Crippen molar-refractivity contribution in [1.82, 2.24) is 0 Å². The van der Waals surface area contributed by atoms with Gasteiger partial charge < -0.3 is 4.80 Å². The van der Waals surface area contributed by atoms with Crippen LogP contribution in [0.1, 0.15) is 0 Å². The van der Waals surface area contributed by atoms with Gasteiger partial charge in [0.2, 0.25) is 0 Å². The summed E-state index contributed by atoms with van der Waals surface area (Å²) >= 11 is 0. The third-order valence-corrected chi connectivity index (χ3v) is 0. The molecule has 0 unspecified atom stereocenters. The topological polar surface area (TPSA) is 23.1 Å². The summed E-state index contributed by atoms with van der Waals surface area (Å²) in [5, 5.41) is 0. The second kappa shape index (κ2) is 9.20. The Kier molecular flexibility index (Phi) is 20.3. The van der Waals surface area contributed by atoms with Crippen LogP contribution >= 0.6 is 0 Å². The van der Waals surface area contributed by atoms with Crippen LogP contribution < -0.4 is 34.4 Å². The summed E-state index contributed by atoms with van der Waals surface area (Å²) in [6, 6.07) is 4.32. The predicted octanol–water partition coefficient (Wildman–Crippen LogP) is -4.44. The molecule has 16 valence electrons. The molecule has 0 rings (SSSR count). The molecule has 0 aromatic carbocycles. The Balaban J connectivity index is 0. The number of rotatable bonds is 0. The van der Waals surface area contributed by atoms with Crippen LogP contribution in [0.15, 0.2) is 0 Å². The molecule has 0 spiro atoms. The maximum absolute atomic E-state index is 8.74. The van der Waals surface area contributed by atoms with E-state index in [-0.39, 0.29) is 29.6 Å². The van der Waals surface area contributed by atoms with Crippen LogP contribution in [0.3, 0.4) is 0 Å². The maximum Gasteiger partial charge on any atom is 1.00 e. The molecule has 1 nitrogen and oxygen atoms in total. The van der Waals surface area contributed by atoms with Crippen LogP contribution in [0.5, 0.6) is 0 Å². The molecule has 0 atom stereocenters. The van der Waals surface area contributed by atoms with E-state index in [1.807, 2.05) is 0 Å². The van der Waals surface area contributed by atoms with Crippen LogP contribution in [0, 0.1) is 6.00 Å². The van der Waals surface area contributed by atoms with E-state index in [1.54, 1.807) is 0 Å². The second-order valence-electron chi connectivity index (χ2n) is 0.118. The Hall–Kier alpha value is 0.797. The van der Waals surface area contributed by atoms with Crippen molar-refractivity contribution in [3.05, 3.63) is 0 Å². The second-order valence-corrected chi connectivity index (χ2v) is 0.354. The first-order valence-electron chi connectivity index (χ1n) is 0.493. The van der Waals surface area contributed by atoms with Crippen LogP contribution in [-0.2, 0) is 0 Å². The van der Waals surface area contributed by atoms with Gasteiger partial charge in [-0.05, 0) is 0 Å². The van der Waals surface area contributed by atoms with Gasteiger partial charge in [-0.15, -0.1) is 0 Å². The Morgan fingerprint density at radius 1 is 1.75 bits per heavy atom. The SMILES string of the molecule is C#[Si][O-].[Na+]. The first kappa shape index (κ1) is 8.84. The molecule has 0 aliphatic rings. The minimum absolute atomic E-state index is 0. The molecule has 0 aromatic rings. The molecule has 0 bridgehead atoms. The van der Waals surface area contributed by atoms with Crippen molar-refractivity contribution in [3.8, 4) is 6.00 Å². The van der Waals surface area contributed by atoms with Crippen molar-refractivity contribution in [2.75, 3.05) is 0 Å². The molecule has 0 saturated carbocycles. The van der Waals surface area contributed by atoms with E-state index < -0.39 is 9.20 Å². The first-order valence-corrected chi connectivity index (χ1v) is 1.48. The molecule has 4 heavy (non-hydrogen) atoms. The quantitative estimate of drug-likeness (QED) is 0.269. The van der Waals surface area contributed by atoms with Gasteiger partial charge in [0.1, 0.15) is 0 Å². The molecule has 0 saturated heterocycles. The summed E-state index contributed by atoms with van der Waals surface area (Å²) in [6.07, 6.45) is 0. The standard InChI is InChI=1S/CHOSi.Na/c1-3-2;/h1H;/q-1;+1. The summed E-state index contributed by atoms with van der Waals surface area (Å²) in [5.41, 5.74) is 0. The maximum atomic E-state index is 8.74. The van der Waals surface area contributed by atoms with Gasteiger partial charge in [0.25, 0.3) is 0 Å². The van der Waals surface area contributed by atoms with Crippen LogP contribution in [0.25, 0.3) is 0 Å². The fourth-order valence-corrected chi connectivity index (χ4v) is 0. The zero-order chi connectivity index (χ0) is 2.71. The molecule has 0 heterocycles. The third kappa shape index (κ3) is 14.2. The number of hydrogen-bond donors (Lipinski definition) is 0. The average molecular weight is 80.1 g/mol. The Labute approximate surface area is 49.5 Å². The Morgan fingerprint density at radius 2 is 1.75 bits per heavy atom. The largest absolute Gasteiger partial charge is 1.00 e. The van der Waals surface area contributed by atoms with E-state index in [9.17, 15) is 0 Å². The van der Waals surface area contributed by atoms with Gasteiger partial charge >= 0.3 is 29.6 Å². The van der Waals surface area contributed by atoms with E-state index >= 15 is 0 Å². The van der Waals surface area contributed by atoms with Crippen molar-refractivity contribution in [2.45, 2.75) is 0 Å². The van der Waals surface area contributed by atoms with Crippen molar-refractivity contribution >= 4 is 9.20 Å². The normalized spacial score (nSPS) is 1.75. The molecule has 0 aromatic heterocycles. The smallest absolute Gasteiger partial charge is 0.859 e. The minimum Gasteiger partial charge on any atom is -0.859 e. The van der Waals surface area contributed by atoms with Crippen LogP contribution in [0.2, 0.25) is 0 Å². The Morgan fingerprint density at radius 3 is 1.75 bits per heavy atom. The van der Waals surface area contributed by atoms with E-state index in [1.165, 1.54) is 0 Å². The van der Waals surface area contributed by atoms with Gasteiger partial charge in [-0.1, -0.05) is 9.20 Å². The molecule has 0 aliphatic heterocycles. The van der Waals surface area contributed by atoms with Gasteiger partial charge in [-0.3, -0.25) is 0 Å². The summed E-state index contributed by atoms with van der Waals surface area (Å²) in [6.45, 7) is 0. The van der Waals surface area contributed by atoms with Gasteiger partial charge in [0.15, 0.2) is 0 Å². The molecule has 0 amide bonds. The molecular weight excluding hydrogens is 79.1 g/mol. The molecule has 0 radical (unpaired) electrons. The zero-order valence-electron chi connectivity index (χ0n) is 2.49. The molecule has 3 heteroatoms. The van der Waals surface area contributed by atoms with Crippen molar-refractivity contribution in [1.29, 1.82) is 0 Å². The van der Waals surface area contributed by atoms with Crippen LogP contribution in [0.4, 0.5) is 0 Å². The minimum atomic E-state index is -0.667. The fraction of sp³-hybridized carbons (Fsp3) is 0. The van der Waals surface area contributed by atoms with Gasteiger partial charge in [0, 0.05) is 0 Å². The van der Waals surface area contributed by atoms with Gasteiger partial charge in [-0.25, -0.2) is 0 Å². The third-order valence-electron chi connectivity index (χ3n) is 0. The molecular formula is CHNaOSi. The molecule has 0 aliphatic carbocycles. The summed E-state index contributed by atoms with van der Waals surface area (Å²) in [4.78, 5) is 8.74. The zero-order valence-corrected chi connectivity index (χ0v) is 5.49. The van der Waals surface area contributed by atoms with E-state index in [4.69, 9.17) is 4.80 Å². The van der Waals surface area contributed by atoms with E-state index in [0.717, 1.165) is 0 Å². The summed E-state index contributed by atoms with van der Waals surface area (Å²) < 4.78 is 0. The van der Waals surface area contributed by atoms with E-state index in [2.05, 4.69) is 6.00 Å². The predicted molar refractivity (Wildman–Crippen MR) is 10.7 cm³/mol.